The van der Waals surface area contributed by atoms with E-state index in [1.54, 1.807) is 24.3 Å². The van der Waals surface area contributed by atoms with Crippen molar-refractivity contribution in [2.75, 3.05) is 41.6 Å². The van der Waals surface area contributed by atoms with Crippen molar-refractivity contribution in [1.29, 1.82) is 0 Å². The van der Waals surface area contributed by atoms with Gasteiger partial charge in [0, 0.05) is 34.4 Å². The van der Waals surface area contributed by atoms with E-state index in [9.17, 15) is 17.6 Å². The standard InChI is InChI=1S/C11H11FN4O2.C11H12FNO3.C8H7ClFNO2.C8H8FNO2.CH4/c1-17-11-3-2-7(4-9(11)12)10-5-8(18-15-10)6-14-16-13;1-15-11-3-2-7(4-9(11)12)10-5-8(6-14)16-13-10;1-13-7-3-2-5(4-6(7)10)8(9)11-12;1-12-8-3-2-6(5-10-11)4-7(8)9;/h2-4,8H,5-6H2,1H3;2-4,8,14H,5-6H2,1H3;2-4,12H,1H3;2-5,11H,1H3;1H4/b;;11-8+;10-5-;. The molecule has 16 nitrogen and oxygen atoms in total. The summed E-state index contributed by atoms with van der Waals surface area (Å²) < 4.78 is 71.9. The minimum absolute atomic E-state index is 0. The first-order chi connectivity index (χ1) is 28.4. The zero-order valence-electron chi connectivity index (χ0n) is 31.8. The van der Waals surface area contributed by atoms with Crippen LogP contribution in [0, 0.1) is 23.3 Å². The first-order valence-corrected chi connectivity index (χ1v) is 17.3. The van der Waals surface area contributed by atoms with Gasteiger partial charge in [-0.05, 0) is 83.9 Å². The number of oxime groups is 4. The van der Waals surface area contributed by atoms with Gasteiger partial charge in [-0.3, -0.25) is 0 Å². The first kappa shape index (κ1) is 49.4. The van der Waals surface area contributed by atoms with Crippen molar-refractivity contribution in [3.63, 3.8) is 0 Å². The highest BCUT2D eigenvalue weighted by Gasteiger charge is 2.23. The highest BCUT2D eigenvalue weighted by atomic mass is 35.5. The lowest BCUT2D eigenvalue weighted by atomic mass is 10.0. The second-order valence-corrected chi connectivity index (χ2v) is 12.0. The number of aliphatic hydroxyl groups excluding tert-OH is 1. The molecule has 0 saturated carbocycles. The first-order valence-electron chi connectivity index (χ1n) is 16.9. The molecule has 0 amide bonds. The summed E-state index contributed by atoms with van der Waals surface area (Å²) in [5.41, 5.74) is 11.5. The summed E-state index contributed by atoms with van der Waals surface area (Å²) in [5.74, 6) is -1.25. The number of nitrogens with zero attached hydrogens (tertiary/aromatic N) is 7. The molecule has 0 saturated heterocycles. The molecule has 2 aliphatic rings. The Hall–Kier alpha value is -6.76. The van der Waals surface area contributed by atoms with Gasteiger partial charge in [0.15, 0.2) is 57.5 Å². The van der Waals surface area contributed by atoms with Crippen LogP contribution in [-0.4, -0.2) is 92.1 Å². The van der Waals surface area contributed by atoms with E-state index in [2.05, 4.69) is 30.6 Å². The molecule has 0 radical (unpaired) electrons. The third kappa shape index (κ3) is 14.6. The molecular weight excluding hydrogens is 822 g/mol. The van der Waals surface area contributed by atoms with Crippen LogP contribution in [0.3, 0.4) is 0 Å². The van der Waals surface area contributed by atoms with E-state index in [0.29, 0.717) is 46.5 Å². The van der Waals surface area contributed by atoms with Crippen LogP contribution in [-0.2, 0) is 9.68 Å². The molecule has 0 fully saturated rings. The molecule has 2 aliphatic heterocycles. The third-order valence-electron chi connectivity index (χ3n) is 7.85. The summed E-state index contributed by atoms with van der Waals surface area (Å²) in [6.45, 7) is 0.119. The van der Waals surface area contributed by atoms with Gasteiger partial charge in [-0.1, -0.05) is 44.8 Å². The second kappa shape index (κ2) is 25.6. The highest BCUT2D eigenvalue weighted by Crippen LogP contribution is 2.24. The number of halogens is 5. The maximum absolute atomic E-state index is 13.5. The Morgan fingerprint density at radius 2 is 1.20 bits per heavy atom. The lowest BCUT2D eigenvalue weighted by molar-refractivity contribution is 0.0390. The maximum Gasteiger partial charge on any atom is 0.175 e. The van der Waals surface area contributed by atoms with Crippen molar-refractivity contribution in [1.82, 2.24) is 0 Å². The van der Waals surface area contributed by atoms with Gasteiger partial charge in [-0.2, -0.15) is 0 Å². The van der Waals surface area contributed by atoms with Crippen molar-refractivity contribution >= 4 is 34.4 Å². The Balaban J connectivity index is 0.000000278. The van der Waals surface area contributed by atoms with Crippen LogP contribution in [0.25, 0.3) is 10.4 Å². The molecule has 60 heavy (non-hydrogen) atoms. The van der Waals surface area contributed by atoms with Crippen LogP contribution in [0.15, 0.2) is 98.5 Å². The largest absolute Gasteiger partial charge is 0.494 e. The van der Waals surface area contributed by atoms with E-state index < -0.39 is 23.3 Å². The summed E-state index contributed by atoms with van der Waals surface area (Å²) in [5, 5.41) is 41.8. The lowest BCUT2D eigenvalue weighted by Crippen LogP contribution is -2.12. The van der Waals surface area contributed by atoms with E-state index in [4.69, 9.17) is 61.3 Å². The number of hydrogen-bond donors (Lipinski definition) is 3. The molecule has 2 unspecified atom stereocenters. The number of aliphatic hydroxyl groups is 1. The molecular formula is C39H42ClF4N7O9. The average molecular weight is 864 g/mol. The Bertz CT molecular complexity index is 2190. The van der Waals surface area contributed by atoms with Crippen LogP contribution in [0.4, 0.5) is 17.6 Å². The van der Waals surface area contributed by atoms with Crippen molar-refractivity contribution in [3.8, 4) is 23.0 Å². The normalized spacial score (nSPS) is 15.0. The summed E-state index contributed by atoms with van der Waals surface area (Å²) >= 11 is 5.45. The fourth-order valence-electron chi connectivity index (χ4n) is 4.89. The Labute approximate surface area is 347 Å². The van der Waals surface area contributed by atoms with Crippen molar-refractivity contribution < 1.29 is 61.7 Å². The number of methoxy groups -OCH3 is 4. The van der Waals surface area contributed by atoms with Gasteiger partial charge in [-0.25, -0.2) is 17.6 Å². The number of hydrogen-bond acceptors (Lipinski definition) is 14. The predicted molar refractivity (Wildman–Crippen MR) is 215 cm³/mol. The molecule has 0 bridgehead atoms. The Kier molecular flexibility index (Phi) is 21.0. The summed E-state index contributed by atoms with van der Waals surface area (Å²) in [6, 6.07) is 17.5. The fraction of sp³-hybridized carbons (Fsp3) is 0.282. The highest BCUT2D eigenvalue weighted by molar-refractivity contribution is 6.69. The Morgan fingerprint density at radius 1 is 0.750 bits per heavy atom. The molecule has 0 aromatic heterocycles. The van der Waals surface area contributed by atoms with Crippen LogP contribution >= 0.6 is 11.6 Å². The van der Waals surface area contributed by atoms with E-state index in [1.807, 2.05) is 0 Å². The molecule has 3 N–H and O–H groups in total. The van der Waals surface area contributed by atoms with Crippen LogP contribution in [0.1, 0.15) is 42.5 Å². The monoisotopic (exact) mass is 863 g/mol. The molecule has 21 heteroatoms. The number of azide groups is 1. The summed E-state index contributed by atoms with van der Waals surface area (Å²) in [7, 11) is 5.57. The van der Waals surface area contributed by atoms with Gasteiger partial charge >= 0.3 is 0 Å². The van der Waals surface area contributed by atoms with Crippen molar-refractivity contribution in [3.05, 3.63) is 129 Å². The fourth-order valence-corrected chi connectivity index (χ4v) is 5.01. The smallest absolute Gasteiger partial charge is 0.175 e. The molecule has 2 heterocycles. The van der Waals surface area contributed by atoms with Gasteiger partial charge in [0.05, 0.1) is 59.2 Å². The molecule has 4 aromatic carbocycles. The molecule has 2 atom stereocenters. The van der Waals surface area contributed by atoms with Crippen molar-refractivity contribution in [2.24, 2.45) is 25.7 Å². The van der Waals surface area contributed by atoms with Gasteiger partial charge in [-0.15, -0.1) is 0 Å². The minimum atomic E-state index is -0.554. The van der Waals surface area contributed by atoms with Gasteiger partial charge in [0.2, 0.25) is 0 Å². The van der Waals surface area contributed by atoms with Gasteiger partial charge in [0.1, 0.15) is 6.10 Å². The lowest BCUT2D eigenvalue weighted by Gasteiger charge is -2.04. The molecule has 0 spiro atoms. The van der Waals surface area contributed by atoms with Crippen LogP contribution in [0.2, 0.25) is 0 Å². The summed E-state index contributed by atoms with van der Waals surface area (Å²) in [4.78, 5) is 12.7. The van der Waals surface area contributed by atoms with Gasteiger partial charge in [0.25, 0.3) is 0 Å². The quantitative estimate of drug-likeness (QED) is 0.0251. The maximum atomic E-state index is 13.5. The number of ether oxygens (including phenoxy) is 4. The average Bonchev–Trinajstić information content (AvgIpc) is 3.94. The van der Waals surface area contributed by atoms with E-state index in [0.717, 1.165) is 12.3 Å². The zero-order valence-corrected chi connectivity index (χ0v) is 32.6. The van der Waals surface area contributed by atoms with Crippen molar-refractivity contribution in [2.45, 2.75) is 32.5 Å². The van der Waals surface area contributed by atoms with Crippen LogP contribution in [0.5, 0.6) is 23.0 Å². The molecule has 4 aromatic rings. The molecule has 6 rings (SSSR count). The summed E-state index contributed by atoms with van der Waals surface area (Å²) in [6.07, 6.45) is 1.52. The van der Waals surface area contributed by atoms with Gasteiger partial charge < -0.3 is 44.1 Å². The third-order valence-corrected chi connectivity index (χ3v) is 8.14. The zero-order chi connectivity index (χ0) is 43.3. The Morgan fingerprint density at radius 3 is 1.60 bits per heavy atom. The predicted octanol–water partition coefficient (Wildman–Crippen LogP) is 8.44. The minimum Gasteiger partial charge on any atom is -0.494 e. The second-order valence-electron chi connectivity index (χ2n) is 11.6. The number of benzene rings is 4. The van der Waals surface area contributed by atoms with E-state index in [1.165, 1.54) is 70.9 Å². The SMILES string of the molecule is C.COc1ccc(/C(Cl)=N\O)cc1F.COc1ccc(/C=N\O)cc1F.COc1ccc(C2=NOC(CN=[N+]=[N-])C2)cc1F.COc1ccc(C2=NOC(CO)C2)cc1F. The topological polar surface area (TPSA) is 214 Å². The molecule has 0 aliphatic carbocycles. The van der Waals surface area contributed by atoms with E-state index in [-0.39, 0.29) is 61.0 Å². The van der Waals surface area contributed by atoms with E-state index >= 15 is 0 Å². The van der Waals surface area contributed by atoms with Crippen LogP contribution < -0.4 is 18.9 Å². The number of rotatable bonds is 11. The molecule has 322 valence electrons.